The molecule has 0 aliphatic carbocycles. The number of hydrogen-bond donors (Lipinski definition) is 1. The van der Waals surface area contributed by atoms with Gasteiger partial charge in [0.05, 0.1) is 28.5 Å². The Morgan fingerprint density at radius 1 is 1.11 bits per heavy atom. The van der Waals surface area contributed by atoms with E-state index in [-0.39, 0.29) is 50.1 Å². The summed E-state index contributed by atoms with van der Waals surface area (Å²) in [5.41, 5.74) is -0.768. The highest BCUT2D eigenvalue weighted by molar-refractivity contribution is 7.86. The van der Waals surface area contributed by atoms with Crippen molar-refractivity contribution < 1.29 is 31.2 Å². The molecule has 9 nitrogen and oxygen atoms in total. The van der Waals surface area contributed by atoms with Gasteiger partial charge in [0.2, 0.25) is 11.8 Å². The van der Waals surface area contributed by atoms with Crippen LogP contribution in [0.4, 0.5) is 13.2 Å². The molecule has 0 bridgehead atoms. The van der Waals surface area contributed by atoms with Crippen molar-refractivity contribution in [3.63, 3.8) is 0 Å². The predicted octanol–water partition coefficient (Wildman–Crippen LogP) is 2.38. The number of nitriles is 1. The van der Waals surface area contributed by atoms with Gasteiger partial charge in [-0.3, -0.25) is 9.59 Å². The van der Waals surface area contributed by atoms with E-state index in [4.69, 9.17) is 16.9 Å². The Morgan fingerprint density at radius 2 is 1.81 bits per heavy atom. The first-order valence-corrected chi connectivity index (χ1v) is 13.8. The van der Waals surface area contributed by atoms with Gasteiger partial charge in [-0.25, -0.2) is 0 Å². The molecule has 2 amide bonds. The number of rotatable bonds is 6. The van der Waals surface area contributed by atoms with Gasteiger partial charge in [-0.15, -0.1) is 0 Å². The van der Waals surface area contributed by atoms with Crippen molar-refractivity contribution in [3.05, 3.63) is 34.3 Å². The van der Waals surface area contributed by atoms with Crippen LogP contribution in [0.5, 0.6) is 0 Å². The second kappa shape index (κ2) is 10.8. The third kappa shape index (κ3) is 5.87. The van der Waals surface area contributed by atoms with Crippen LogP contribution in [0, 0.1) is 23.2 Å². The zero-order valence-corrected chi connectivity index (χ0v) is 21.4. The molecule has 2 atom stereocenters. The highest BCUT2D eigenvalue weighted by Gasteiger charge is 2.44. The maximum absolute atomic E-state index is 13.3. The number of alkyl halides is 3. The van der Waals surface area contributed by atoms with Crippen molar-refractivity contribution in [1.82, 2.24) is 18.8 Å². The lowest BCUT2D eigenvalue weighted by molar-refractivity contribution is -0.142. The lowest BCUT2D eigenvalue weighted by Crippen LogP contribution is -2.57. The molecule has 0 radical (unpaired) electrons. The summed E-state index contributed by atoms with van der Waals surface area (Å²) >= 11 is 5.65. The van der Waals surface area contributed by atoms with Gasteiger partial charge in [0.15, 0.2) is 0 Å². The molecule has 3 aliphatic rings. The summed E-state index contributed by atoms with van der Waals surface area (Å²) in [7, 11) is -3.77. The highest BCUT2D eigenvalue weighted by Crippen LogP contribution is 2.35. The van der Waals surface area contributed by atoms with Crippen LogP contribution in [0.15, 0.2) is 18.2 Å². The van der Waals surface area contributed by atoms with Gasteiger partial charge in [0.25, 0.3) is 10.2 Å². The van der Waals surface area contributed by atoms with Crippen LogP contribution in [0.3, 0.4) is 0 Å². The number of piperidine rings is 1. The second-order valence-electron chi connectivity index (χ2n) is 9.57. The smallest absolute Gasteiger partial charge is 0.350 e. The van der Waals surface area contributed by atoms with E-state index < -0.39 is 44.8 Å². The first-order chi connectivity index (χ1) is 17.4. The van der Waals surface area contributed by atoms with Crippen LogP contribution in [0.2, 0.25) is 5.02 Å². The highest BCUT2D eigenvalue weighted by atomic mass is 35.5. The van der Waals surface area contributed by atoms with Crippen LogP contribution >= 0.6 is 11.6 Å². The zero-order valence-electron chi connectivity index (χ0n) is 19.9. The third-order valence-electron chi connectivity index (χ3n) is 7.06. The summed E-state index contributed by atoms with van der Waals surface area (Å²) in [4.78, 5) is 27.7. The van der Waals surface area contributed by atoms with Crippen molar-refractivity contribution in [2.75, 3.05) is 32.7 Å². The van der Waals surface area contributed by atoms with E-state index in [1.807, 2.05) is 6.07 Å². The summed E-state index contributed by atoms with van der Waals surface area (Å²) in [6, 6.07) is 4.66. The van der Waals surface area contributed by atoms with Crippen LogP contribution < -0.4 is 5.32 Å². The Hall–Kier alpha value is -2.40. The Bertz CT molecular complexity index is 1200. The van der Waals surface area contributed by atoms with E-state index in [0.29, 0.717) is 32.2 Å². The average Bonchev–Trinajstić information content (AvgIpc) is 3.31. The topological polar surface area (TPSA) is 114 Å². The van der Waals surface area contributed by atoms with E-state index in [1.54, 1.807) is 0 Å². The number of carbonyl (C=O) groups is 2. The summed E-state index contributed by atoms with van der Waals surface area (Å²) in [6.07, 6.45) is -2.65. The van der Waals surface area contributed by atoms with E-state index in [9.17, 15) is 31.2 Å². The lowest BCUT2D eigenvalue weighted by atomic mass is 9.97. The number of nitrogens with zero attached hydrogens (tertiary/aromatic N) is 4. The molecule has 14 heteroatoms. The molecule has 37 heavy (non-hydrogen) atoms. The van der Waals surface area contributed by atoms with Gasteiger partial charge < -0.3 is 10.2 Å². The molecule has 0 saturated carbocycles. The van der Waals surface area contributed by atoms with Crippen molar-refractivity contribution >= 4 is 33.6 Å². The van der Waals surface area contributed by atoms with Gasteiger partial charge in [0.1, 0.15) is 6.04 Å². The minimum atomic E-state index is -4.62. The molecule has 1 aromatic carbocycles. The number of carbonyl (C=O) groups excluding carboxylic acids is 2. The number of benzene rings is 1. The molecule has 0 unspecified atom stereocenters. The maximum Gasteiger partial charge on any atom is 0.417 e. The molecule has 202 valence electrons. The number of hydrogen-bond acceptors (Lipinski definition) is 5. The molecule has 3 fully saturated rings. The lowest BCUT2D eigenvalue weighted by Gasteiger charge is -2.41. The molecule has 3 aliphatic heterocycles. The Morgan fingerprint density at radius 3 is 2.49 bits per heavy atom. The number of halogens is 4. The average molecular weight is 562 g/mol. The summed E-state index contributed by atoms with van der Waals surface area (Å²) < 4.78 is 67.7. The second-order valence-corrected chi connectivity index (χ2v) is 11.9. The zero-order chi connectivity index (χ0) is 27.0. The number of likely N-dealkylation sites (tertiary alicyclic amines) is 1. The standard InChI is InChI=1S/C23H27ClF3N5O4S/c24-19-6-5-15(9-18(19)23(25,26)27)11-29-21(33)20-4-2-8-32(20)22(34)17-3-1-7-30(14-17)37(35,36)31-12-16(10-28)13-31/h5-6,9,16-17,20H,1-4,7-8,11-14H2,(H,29,33)/t17-,20+/m0/s1. The fourth-order valence-electron chi connectivity index (χ4n) is 4.97. The molecule has 1 N–H and O–H groups in total. The van der Waals surface area contributed by atoms with E-state index in [0.717, 1.165) is 12.1 Å². The molecule has 1 aromatic rings. The first-order valence-electron chi connectivity index (χ1n) is 12.0. The summed E-state index contributed by atoms with van der Waals surface area (Å²) in [5, 5.41) is 11.1. The van der Waals surface area contributed by atoms with Crippen LogP contribution in [-0.2, 0) is 32.5 Å². The first kappa shape index (κ1) is 27.6. The Kier molecular flexibility index (Phi) is 8.04. The van der Waals surface area contributed by atoms with Crippen molar-refractivity contribution in [2.45, 2.75) is 44.4 Å². The van der Waals surface area contributed by atoms with Crippen molar-refractivity contribution in [1.29, 1.82) is 5.26 Å². The molecule has 4 rings (SSSR count). The predicted molar refractivity (Wildman–Crippen MR) is 127 cm³/mol. The SMILES string of the molecule is N#CC1CN(S(=O)(=O)N2CCC[C@H](C(=O)N3CCC[C@@H]3C(=O)NCc3ccc(Cl)c(C(F)(F)F)c3)C2)C1. The molecular formula is C23H27ClF3N5O4S. The van der Waals surface area contributed by atoms with Gasteiger partial charge in [-0.1, -0.05) is 17.7 Å². The fourth-order valence-corrected chi connectivity index (χ4v) is 6.99. The fraction of sp³-hybridized carbons (Fsp3) is 0.609. The summed E-state index contributed by atoms with van der Waals surface area (Å²) in [6.45, 7) is 0.748. The largest absolute Gasteiger partial charge is 0.417 e. The van der Waals surface area contributed by atoms with Crippen LogP contribution in [0.1, 0.15) is 36.8 Å². The van der Waals surface area contributed by atoms with Crippen molar-refractivity contribution in [2.24, 2.45) is 11.8 Å². The van der Waals surface area contributed by atoms with Crippen LogP contribution in [-0.4, -0.2) is 72.5 Å². The van der Waals surface area contributed by atoms with Gasteiger partial charge in [-0.2, -0.15) is 35.5 Å². The quantitative estimate of drug-likeness (QED) is 0.573. The summed E-state index contributed by atoms with van der Waals surface area (Å²) in [5.74, 6) is -1.70. The van der Waals surface area contributed by atoms with Gasteiger partial charge in [-0.05, 0) is 43.4 Å². The monoisotopic (exact) mass is 561 g/mol. The van der Waals surface area contributed by atoms with E-state index in [2.05, 4.69) is 5.32 Å². The minimum absolute atomic E-state index is 0.00468. The Balaban J connectivity index is 1.37. The number of amides is 2. The Labute approximate surface area is 218 Å². The third-order valence-corrected chi connectivity index (χ3v) is 9.32. The van der Waals surface area contributed by atoms with Crippen LogP contribution in [0.25, 0.3) is 0 Å². The number of nitrogens with one attached hydrogen (secondary N) is 1. The minimum Gasteiger partial charge on any atom is -0.350 e. The molecule has 0 aromatic heterocycles. The molecular weight excluding hydrogens is 535 g/mol. The van der Waals surface area contributed by atoms with Crippen molar-refractivity contribution in [3.8, 4) is 6.07 Å². The van der Waals surface area contributed by atoms with E-state index in [1.165, 1.54) is 19.6 Å². The molecule has 3 heterocycles. The van der Waals surface area contributed by atoms with Gasteiger partial charge >= 0.3 is 6.18 Å². The molecule has 0 spiro atoms. The maximum atomic E-state index is 13.3. The van der Waals surface area contributed by atoms with E-state index >= 15 is 0 Å². The van der Waals surface area contributed by atoms with Gasteiger partial charge in [0, 0.05) is 39.3 Å². The molecule has 3 saturated heterocycles. The normalized spacial score (nSPS) is 23.9.